The fourth-order valence-electron chi connectivity index (χ4n) is 1.45. The van der Waals surface area contributed by atoms with Crippen LogP contribution in [0, 0.1) is 5.92 Å². The Labute approximate surface area is 108 Å². The zero-order valence-electron chi connectivity index (χ0n) is 12.6. The van der Waals surface area contributed by atoms with Crippen LogP contribution in [0.1, 0.15) is 41.0 Å². The third-order valence-corrected chi connectivity index (χ3v) is 8.62. The van der Waals surface area contributed by atoms with E-state index >= 15 is 0 Å². The predicted octanol–water partition coefficient (Wildman–Crippen LogP) is 3.97. The van der Waals surface area contributed by atoms with Crippen molar-refractivity contribution in [3.8, 4) is 0 Å². The van der Waals surface area contributed by atoms with Gasteiger partial charge in [0.05, 0.1) is 6.10 Å². The van der Waals surface area contributed by atoms with Crippen molar-refractivity contribution in [3.63, 3.8) is 0 Å². The minimum absolute atomic E-state index is 0.0887. The molecule has 3 atom stereocenters. The standard InChI is InChI=1S/C14H30O2Si/c1-9-10-13(15)11(2)12(3)16-17(7,8)14(4,5)6/h9,11-13,15H,1,10H2,2-8H3/t11-,12+,13-/m0/s1. The summed E-state index contributed by atoms with van der Waals surface area (Å²) in [7, 11) is -1.74. The lowest BCUT2D eigenvalue weighted by molar-refractivity contribution is 0.0392. The zero-order valence-corrected chi connectivity index (χ0v) is 13.6. The largest absolute Gasteiger partial charge is 0.414 e. The SMILES string of the molecule is C=CC[C@H](O)[C@@H](C)[C@@H](C)O[Si](C)(C)C(C)(C)C. The molecule has 0 radical (unpaired) electrons. The summed E-state index contributed by atoms with van der Waals surface area (Å²) in [6.07, 6.45) is 2.13. The second-order valence-corrected chi connectivity index (χ2v) is 11.3. The summed E-state index contributed by atoms with van der Waals surface area (Å²) in [6.45, 7) is 19.0. The summed E-state index contributed by atoms with van der Waals surface area (Å²) >= 11 is 0. The van der Waals surface area contributed by atoms with Crippen molar-refractivity contribution in [1.82, 2.24) is 0 Å². The van der Waals surface area contributed by atoms with E-state index < -0.39 is 8.32 Å². The van der Waals surface area contributed by atoms with Gasteiger partial charge in [0.2, 0.25) is 0 Å². The van der Waals surface area contributed by atoms with Gasteiger partial charge in [0.25, 0.3) is 0 Å². The molecule has 0 aliphatic rings. The van der Waals surface area contributed by atoms with E-state index in [9.17, 15) is 5.11 Å². The maximum Gasteiger partial charge on any atom is 0.192 e. The molecule has 0 saturated heterocycles. The summed E-state index contributed by atoms with van der Waals surface area (Å²) in [5.74, 6) is 0.141. The monoisotopic (exact) mass is 258 g/mol. The molecule has 0 aromatic rings. The van der Waals surface area contributed by atoms with E-state index in [2.05, 4.69) is 47.4 Å². The average molecular weight is 258 g/mol. The van der Waals surface area contributed by atoms with Crippen molar-refractivity contribution in [2.75, 3.05) is 0 Å². The van der Waals surface area contributed by atoms with Crippen LogP contribution in [0.4, 0.5) is 0 Å². The predicted molar refractivity (Wildman–Crippen MR) is 77.7 cm³/mol. The van der Waals surface area contributed by atoms with Gasteiger partial charge in [0, 0.05) is 12.0 Å². The van der Waals surface area contributed by atoms with Gasteiger partial charge >= 0.3 is 0 Å². The Morgan fingerprint density at radius 1 is 1.29 bits per heavy atom. The number of aliphatic hydroxyl groups is 1. The van der Waals surface area contributed by atoms with Crippen LogP contribution in [0.5, 0.6) is 0 Å². The second-order valence-electron chi connectivity index (χ2n) is 6.53. The Morgan fingerprint density at radius 2 is 1.76 bits per heavy atom. The zero-order chi connectivity index (χ0) is 13.9. The Kier molecular flexibility index (Phi) is 6.12. The molecule has 0 aromatic heterocycles. The van der Waals surface area contributed by atoms with E-state index in [-0.39, 0.29) is 23.2 Å². The molecular formula is C14H30O2Si. The van der Waals surface area contributed by atoms with E-state index in [0.29, 0.717) is 6.42 Å². The Balaban J connectivity index is 4.53. The maximum atomic E-state index is 9.95. The molecule has 0 amide bonds. The highest BCUT2D eigenvalue weighted by Gasteiger charge is 2.39. The lowest BCUT2D eigenvalue weighted by Crippen LogP contribution is -2.46. The van der Waals surface area contributed by atoms with Crippen LogP contribution >= 0.6 is 0 Å². The van der Waals surface area contributed by atoms with Crippen molar-refractivity contribution in [2.24, 2.45) is 5.92 Å². The fourth-order valence-corrected chi connectivity index (χ4v) is 2.94. The first kappa shape index (κ1) is 16.9. The molecule has 3 heteroatoms. The molecule has 17 heavy (non-hydrogen) atoms. The van der Waals surface area contributed by atoms with Crippen LogP contribution in [0.2, 0.25) is 18.1 Å². The highest BCUT2D eigenvalue weighted by atomic mass is 28.4. The minimum Gasteiger partial charge on any atom is -0.414 e. The van der Waals surface area contributed by atoms with Crippen molar-refractivity contribution in [1.29, 1.82) is 0 Å². The molecule has 0 spiro atoms. The summed E-state index contributed by atoms with van der Waals surface area (Å²) < 4.78 is 6.28. The summed E-state index contributed by atoms with van der Waals surface area (Å²) in [4.78, 5) is 0. The first-order valence-electron chi connectivity index (χ1n) is 6.49. The van der Waals surface area contributed by atoms with E-state index in [1.165, 1.54) is 0 Å². The van der Waals surface area contributed by atoms with Gasteiger partial charge in [0.15, 0.2) is 8.32 Å². The highest BCUT2D eigenvalue weighted by Crippen LogP contribution is 2.38. The quantitative estimate of drug-likeness (QED) is 0.577. The first-order valence-corrected chi connectivity index (χ1v) is 9.40. The van der Waals surface area contributed by atoms with E-state index in [4.69, 9.17) is 4.43 Å². The van der Waals surface area contributed by atoms with Crippen LogP contribution in [0.25, 0.3) is 0 Å². The molecule has 0 heterocycles. The highest BCUT2D eigenvalue weighted by molar-refractivity contribution is 6.74. The van der Waals surface area contributed by atoms with Crippen LogP contribution in [-0.4, -0.2) is 25.6 Å². The van der Waals surface area contributed by atoms with Gasteiger partial charge in [-0.25, -0.2) is 0 Å². The van der Waals surface area contributed by atoms with Gasteiger partial charge in [0.1, 0.15) is 0 Å². The van der Waals surface area contributed by atoms with Gasteiger partial charge in [-0.05, 0) is 31.5 Å². The number of hydrogen-bond donors (Lipinski definition) is 1. The molecule has 0 fully saturated rings. The molecule has 102 valence electrons. The lowest BCUT2D eigenvalue weighted by Gasteiger charge is -2.40. The molecule has 0 saturated carbocycles. The Morgan fingerprint density at radius 3 is 2.12 bits per heavy atom. The van der Waals surface area contributed by atoms with E-state index in [1.54, 1.807) is 6.08 Å². The lowest BCUT2D eigenvalue weighted by atomic mass is 9.97. The molecular weight excluding hydrogens is 228 g/mol. The normalized spacial score (nSPS) is 18.6. The minimum atomic E-state index is -1.74. The summed E-state index contributed by atoms with van der Waals surface area (Å²) in [5.41, 5.74) is 0. The smallest absolute Gasteiger partial charge is 0.192 e. The molecule has 0 rings (SSSR count). The van der Waals surface area contributed by atoms with Crippen molar-refractivity contribution in [2.45, 2.75) is 71.4 Å². The second kappa shape index (κ2) is 6.16. The summed E-state index contributed by atoms with van der Waals surface area (Å²) in [5, 5.41) is 10.2. The van der Waals surface area contributed by atoms with Crippen LogP contribution in [-0.2, 0) is 4.43 Å². The van der Waals surface area contributed by atoms with Crippen molar-refractivity contribution >= 4 is 8.32 Å². The number of rotatable bonds is 6. The Bertz CT molecular complexity index is 243. The molecule has 0 aromatic carbocycles. The fraction of sp³-hybridized carbons (Fsp3) is 0.857. The maximum absolute atomic E-state index is 9.95. The molecule has 0 aliphatic heterocycles. The molecule has 1 N–H and O–H groups in total. The van der Waals surface area contributed by atoms with Gasteiger partial charge in [-0.2, -0.15) is 0 Å². The first-order chi connectivity index (χ1) is 7.53. The van der Waals surface area contributed by atoms with Gasteiger partial charge in [-0.1, -0.05) is 33.8 Å². The third-order valence-electron chi connectivity index (χ3n) is 4.04. The van der Waals surface area contributed by atoms with Crippen LogP contribution in [0.3, 0.4) is 0 Å². The van der Waals surface area contributed by atoms with Gasteiger partial charge < -0.3 is 9.53 Å². The molecule has 0 bridgehead atoms. The van der Waals surface area contributed by atoms with E-state index in [1.807, 2.05) is 6.92 Å². The average Bonchev–Trinajstić information content (AvgIpc) is 2.14. The van der Waals surface area contributed by atoms with Gasteiger partial charge in [-0.3, -0.25) is 0 Å². The number of hydrogen-bond acceptors (Lipinski definition) is 2. The number of aliphatic hydroxyl groups excluding tert-OH is 1. The summed E-state index contributed by atoms with van der Waals surface area (Å²) in [6, 6.07) is 0. The van der Waals surface area contributed by atoms with E-state index in [0.717, 1.165) is 0 Å². The topological polar surface area (TPSA) is 29.5 Å². The molecule has 0 aliphatic carbocycles. The van der Waals surface area contributed by atoms with Gasteiger partial charge in [-0.15, -0.1) is 6.58 Å². The van der Waals surface area contributed by atoms with Crippen LogP contribution < -0.4 is 0 Å². The van der Waals surface area contributed by atoms with Crippen LogP contribution in [0.15, 0.2) is 12.7 Å². The molecule has 0 unspecified atom stereocenters. The molecule has 2 nitrogen and oxygen atoms in total. The Hall–Kier alpha value is -0.123. The van der Waals surface area contributed by atoms with Crippen molar-refractivity contribution < 1.29 is 9.53 Å². The third kappa shape index (κ3) is 4.94. The van der Waals surface area contributed by atoms with Crippen molar-refractivity contribution in [3.05, 3.63) is 12.7 Å².